The molecule has 0 amide bonds. The molecule has 1 heterocycles. The molecule has 2 aromatic carbocycles. The van der Waals surface area contributed by atoms with Crippen LogP contribution in [0.5, 0.6) is 0 Å². The molecule has 1 aromatic heterocycles. The first-order valence-electron chi connectivity index (χ1n) is 6.64. The van der Waals surface area contributed by atoms with Crippen LogP contribution >= 0.6 is 11.6 Å². The highest BCUT2D eigenvalue weighted by Gasteiger charge is 2.12. The van der Waals surface area contributed by atoms with Crippen molar-refractivity contribution in [2.75, 3.05) is 5.32 Å². The predicted molar refractivity (Wildman–Crippen MR) is 82.0 cm³/mol. The zero-order valence-electron chi connectivity index (χ0n) is 11.8. The van der Waals surface area contributed by atoms with E-state index in [-0.39, 0.29) is 22.5 Å². The molecule has 0 radical (unpaired) electrons. The summed E-state index contributed by atoms with van der Waals surface area (Å²) in [5.74, 6) is -4.51. The standard InChI is InChI=1S/C16H8ClF4N3/c17-13-7-14(22-10-5-11(19)15(21)12(20)6-10)24-16(23-13)8-2-1-3-9(18)4-8/h1-7H,(H,22,23,24). The number of anilines is 2. The minimum Gasteiger partial charge on any atom is -0.340 e. The van der Waals surface area contributed by atoms with Gasteiger partial charge in [0.2, 0.25) is 0 Å². The van der Waals surface area contributed by atoms with E-state index in [1.807, 2.05) is 0 Å². The lowest BCUT2D eigenvalue weighted by Gasteiger charge is -2.09. The van der Waals surface area contributed by atoms with Gasteiger partial charge in [0.25, 0.3) is 0 Å². The van der Waals surface area contributed by atoms with Gasteiger partial charge in [-0.2, -0.15) is 0 Å². The average Bonchev–Trinajstić information content (AvgIpc) is 2.52. The number of hydrogen-bond acceptors (Lipinski definition) is 3. The topological polar surface area (TPSA) is 37.8 Å². The molecule has 0 fully saturated rings. The minimum atomic E-state index is -1.57. The third-order valence-corrected chi connectivity index (χ3v) is 3.23. The first kappa shape index (κ1) is 16.2. The number of nitrogens with one attached hydrogen (secondary N) is 1. The van der Waals surface area contributed by atoms with Crippen molar-refractivity contribution in [1.82, 2.24) is 9.97 Å². The van der Waals surface area contributed by atoms with Crippen molar-refractivity contribution in [3.8, 4) is 11.4 Å². The maximum absolute atomic E-state index is 13.3. The van der Waals surface area contributed by atoms with Crippen molar-refractivity contribution in [3.63, 3.8) is 0 Å². The van der Waals surface area contributed by atoms with Gasteiger partial charge in [0, 0.05) is 29.4 Å². The van der Waals surface area contributed by atoms with Gasteiger partial charge in [0.15, 0.2) is 23.3 Å². The molecule has 0 unspecified atom stereocenters. The maximum Gasteiger partial charge on any atom is 0.194 e. The van der Waals surface area contributed by atoms with Crippen molar-refractivity contribution in [2.45, 2.75) is 0 Å². The Morgan fingerprint density at radius 2 is 1.58 bits per heavy atom. The quantitative estimate of drug-likeness (QED) is 0.404. The van der Waals surface area contributed by atoms with Crippen LogP contribution in [-0.4, -0.2) is 9.97 Å². The van der Waals surface area contributed by atoms with Crippen molar-refractivity contribution in [2.24, 2.45) is 0 Å². The van der Waals surface area contributed by atoms with Crippen LogP contribution in [0.25, 0.3) is 11.4 Å². The SMILES string of the molecule is Fc1cccc(-c2nc(Cl)cc(Nc3cc(F)c(F)c(F)c3)n2)c1. The number of benzene rings is 2. The van der Waals surface area contributed by atoms with Crippen molar-refractivity contribution < 1.29 is 17.6 Å². The van der Waals surface area contributed by atoms with Crippen LogP contribution in [-0.2, 0) is 0 Å². The van der Waals surface area contributed by atoms with Gasteiger partial charge in [-0.25, -0.2) is 27.5 Å². The fraction of sp³-hybridized carbons (Fsp3) is 0. The van der Waals surface area contributed by atoms with Gasteiger partial charge in [0.05, 0.1) is 0 Å². The van der Waals surface area contributed by atoms with Crippen LogP contribution in [0, 0.1) is 23.3 Å². The summed E-state index contributed by atoms with van der Waals surface area (Å²) < 4.78 is 52.8. The molecule has 0 saturated heterocycles. The second-order valence-corrected chi connectivity index (χ2v) is 5.18. The molecule has 8 heteroatoms. The third-order valence-electron chi connectivity index (χ3n) is 3.03. The van der Waals surface area contributed by atoms with Gasteiger partial charge < -0.3 is 5.32 Å². The van der Waals surface area contributed by atoms with Gasteiger partial charge in [-0.3, -0.25) is 0 Å². The predicted octanol–water partition coefficient (Wildman–Crippen LogP) is 5.10. The normalized spacial score (nSPS) is 10.7. The number of nitrogens with zero attached hydrogens (tertiary/aromatic N) is 2. The van der Waals surface area contributed by atoms with Gasteiger partial charge in [-0.1, -0.05) is 23.7 Å². The summed E-state index contributed by atoms with van der Waals surface area (Å²) in [5.41, 5.74) is 0.309. The van der Waals surface area contributed by atoms with E-state index in [2.05, 4.69) is 15.3 Å². The Bertz CT molecular complexity index is 895. The Morgan fingerprint density at radius 3 is 2.25 bits per heavy atom. The number of rotatable bonds is 3. The van der Waals surface area contributed by atoms with E-state index in [1.165, 1.54) is 24.3 Å². The molecule has 0 aliphatic carbocycles. The Kier molecular flexibility index (Phi) is 4.35. The zero-order chi connectivity index (χ0) is 17.3. The summed E-state index contributed by atoms with van der Waals surface area (Å²) in [6.07, 6.45) is 0. The largest absolute Gasteiger partial charge is 0.340 e. The summed E-state index contributed by atoms with van der Waals surface area (Å²) >= 11 is 5.90. The highest BCUT2D eigenvalue weighted by Crippen LogP contribution is 2.25. The summed E-state index contributed by atoms with van der Waals surface area (Å²) in [6, 6.07) is 8.39. The minimum absolute atomic E-state index is 0.0369. The molecule has 0 saturated carbocycles. The second kappa shape index (κ2) is 6.45. The van der Waals surface area contributed by atoms with E-state index in [0.717, 1.165) is 12.1 Å². The fourth-order valence-electron chi connectivity index (χ4n) is 2.01. The van der Waals surface area contributed by atoms with E-state index >= 15 is 0 Å². The van der Waals surface area contributed by atoms with E-state index in [0.29, 0.717) is 5.56 Å². The smallest absolute Gasteiger partial charge is 0.194 e. The Morgan fingerprint density at radius 1 is 0.875 bits per heavy atom. The molecule has 0 spiro atoms. The summed E-state index contributed by atoms with van der Waals surface area (Å²) in [4.78, 5) is 8.09. The number of aromatic nitrogens is 2. The van der Waals surface area contributed by atoms with E-state index in [1.54, 1.807) is 6.07 Å². The molecule has 0 aliphatic heterocycles. The van der Waals surface area contributed by atoms with Crippen molar-refractivity contribution >= 4 is 23.1 Å². The Labute approximate surface area is 139 Å². The molecule has 24 heavy (non-hydrogen) atoms. The molecular formula is C16H8ClF4N3. The summed E-state index contributed by atoms with van der Waals surface area (Å²) in [6.45, 7) is 0. The molecule has 1 N–H and O–H groups in total. The van der Waals surface area contributed by atoms with Crippen LogP contribution in [0.1, 0.15) is 0 Å². The van der Waals surface area contributed by atoms with Gasteiger partial charge in [-0.15, -0.1) is 0 Å². The average molecular weight is 354 g/mol. The molecule has 3 aromatic rings. The summed E-state index contributed by atoms with van der Waals surface area (Å²) in [5, 5.41) is 2.64. The number of halogens is 5. The summed E-state index contributed by atoms with van der Waals surface area (Å²) in [7, 11) is 0. The maximum atomic E-state index is 13.3. The van der Waals surface area contributed by atoms with E-state index in [9.17, 15) is 17.6 Å². The van der Waals surface area contributed by atoms with Crippen LogP contribution in [0.4, 0.5) is 29.1 Å². The first-order chi connectivity index (χ1) is 11.4. The lowest BCUT2D eigenvalue weighted by Crippen LogP contribution is -2.00. The third kappa shape index (κ3) is 3.46. The first-order valence-corrected chi connectivity index (χ1v) is 7.02. The van der Waals surface area contributed by atoms with Gasteiger partial charge in [-0.05, 0) is 12.1 Å². The highest BCUT2D eigenvalue weighted by atomic mass is 35.5. The molecule has 122 valence electrons. The highest BCUT2D eigenvalue weighted by molar-refractivity contribution is 6.29. The monoisotopic (exact) mass is 353 g/mol. The molecule has 3 rings (SSSR count). The molecule has 0 bridgehead atoms. The van der Waals surface area contributed by atoms with Crippen molar-refractivity contribution in [3.05, 3.63) is 70.9 Å². The lowest BCUT2D eigenvalue weighted by atomic mass is 10.2. The molecule has 0 atom stereocenters. The van der Waals surface area contributed by atoms with Gasteiger partial charge in [0.1, 0.15) is 16.8 Å². The van der Waals surface area contributed by atoms with Crippen LogP contribution in [0.3, 0.4) is 0 Å². The van der Waals surface area contributed by atoms with E-state index in [4.69, 9.17) is 11.6 Å². The molecular weight excluding hydrogens is 346 g/mol. The number of hydrogen-bond donors (Lipinski definition) is 1. The van der Waals surface area contributed by atoms with Crippen molar-refractivity contribution in [1.29, 1.82) is 0 Å². The van der Waals surface area contributed by atoms with Crippen LogP contribution in [0.15, 0.2) is 42.5 Å². The molecule has 3 nitrogen and oxygen atoms in total. The Hall–Kier alpha value is -2.67. The second-order valence-electron chi connectivity index (χ2n) is 4.79. The van der Waals surface area contributed by atoms with E-state index < -0.39 is 23.3 Å². The van der Waals surface area contributed by atoms with Crippen LogP contribution in [0.2, 0.25) is 5.15 Å². The fourth-order valence-corrected chi connectivity index (χ4v) is 2.20. The molecule has 0 aliphatic rings. The Balaban J connectivity index is 1.98. The zero-order valence-corrected chi connectivity index (χ0v) is 12.6. The van der Waals surface area contributed by atoms with Crippen LogP contribution < -0.4 is 5.32 Å². The van der Waals surface area contributed by atoms with Gasteiger partial charge >= 0.3 is 0 Å². The lowest BCUT2D eigenvalue weighted by molar-refractivity contribution is 0.448.